The second kappa shape index (κ2) is 8.05. The van der Waals surface area contributed by atoms with E-state index in [0.29, 0.717) is 0 Å². The van der Waals surface area contributed by atoms with E-state index < -0.39 is 0 Å². The van der Waals surface area contributed by atoms with E-state index >= 15 is 0 Å². The van der Waals surface area contributed by atoms with Crippen molar-refractivity contribution in [1.82, 2.24) is 0 Å². The van der Waals surface area contributed by atoms with Gasteiger partial charge in [-0.3, -0.25) is 0 Å². The van der Waals surface area contributed by atoms with Crippen molar-refractivity contribution in [2.24, 2.45) is 0 Å². The molecular weight excluding hydrogens is 292 g/mol. The van der Waals surface area contributed by atoms with E-state index in [-0.39, 0.29) is 0 Å². The molecule has 0 radical (unpaired) electrons. The van der Waals surface area contributed by atoms with Crippen molar-refractivity contribution < 1.29 is 0 Å². The van der Waals surface area contributed by atoms with Crippen molar-refractivity contribution >= 4 is 16.9 Å². The molecule has 4 N–H and O–H groups in total. The number of nitrogen functional groups attached to an aromatic ring is 2. The molecule has 2 rings (SSSR count). The Kier molecular flexibility index (Phi) is 6.08. The van der Waals surface area contributed by atoms with Crippen LogP contribution in [0.15, 0.2) is 42.0 Å². The van der Waals surface area contributed by atoms with E-state index in [0.717, 1.165) is 48.2 Å². The van der Waals surface area contributed by atoms with Crippen molar-refractivity contribution in [1.29, 1.82) is 0 Å². The Bertz CT molecular complexity index is 680. The maximum Gasteiger partial charge on any atom is 0.0426 e. The van der Waals surface area contributed by atoms with Crippen LogP contribution in [0.2, 0.25) is 0 Å². The molecule has 2 aromatic carbocycles. The maximum atomic E-state index is 6.52. The first-order valence-electron chi connectivity index (χ1n) is 8.94. The van der Waals surface area contributed by atoms with Crippen LogP contribution in [0.5, 0.6) is 0 Å². The van der Waals surface area contributed by atoms with Gasteiger partial charge < -0.3 is 11.5 Å². The van der Waals surface area contributed by atoms with E-state index in [9.17, 15) is 0 Å². The Hall–Kier alpha value is -2.22. The van der Waals surface area contributed by atoms with Crippen molar-refractivity contribution in [3.8, 4) is 0 Å². The lowest BCUT2D eigenvalue weighted by atomic mass is 9.88. The van der Waals surface area contributed by atoms with Crippen LogP contribution in [0.4, 0.5) is 11.4 Å². The summed E-state index contributed by atoms with van der Waals surface area (Å²) in [5, 5.41) is 0. The lowest BCUT2D eigenvalue weighted by Gasteiger charge is -2.19. The molecule has 0 atom stereocenters. The second-order valence-electron chi connectivity index (χ2n) is 6.63. The van der Waals surface area contributed by atoms with Gasteiger partial charge in [-0.1, -0.05) is 68.7 Å². The molecule has 0 aliphatic rings. The zero-order valence-corrected chi connectivity index (χ0v) is 15.4. The van der Waals surface area contributed by atoms with E-state index in [1.54, 1.807) is 0 Å². The molecule has 0 aliphatic carbocycles. The average Bonchev–Trinajstić information content (AvgIpc) is 2.54. The van der Waals surface area contributed by atoms with Crippen LogP contribution in [-0.2, 0) is 12.8 Å². The summed E-state index contributed by atoms with van der Waals surface area (Å²) in [5.41, 5.74) is 21.8. The third-order valence-electron chi connectivity index (χ3n) is 4.47. The Morgan fingerprint density at radius 1 is 0.750 bits per heavy atom. The van der Waals surface area contributed by atoms with Crippen LogP contribution in [-0.4, -0.2) is 0 Å². The molecule has 128 valence electrons. The van der Waals surface area contributed by atoms with Crippen LogP contribution in [0.1, 0.15) is 62.8 Å². The van der Waals surface area contributed by atoms with Gasteiger partial charge in [0.1, 0.15) is 0 Å². The summed E-state index contributed by atoms with van der Waals surface area (Å²) in [7, 11) is 0. The van der Waals surface area contributed by atoms with E-state index in [1.165, 1.54) is 22.3 Å². The lowest BCUT2D eigenvalue weighted by molar-refractivity contribution is 0.923. The summed E-state index contributed by atoms with van der Waals surface area (Å²) in [5.74, 6) is 0. The van der Waals surface area contributed by atoms with Gasteiger partial charge in [-0.25, -0.2) is 0 Å². The molecule has 0 fully saturated rings. The Morgan fingerprint density at radius 3 is 1.50 bits per heavy atom. The topological polar surface area (TPSA) is 52.0 Å². The Morgan fingerprint density at radius 2 is 1.17 bits per heavy atom. The standard InChI is InChI=1S/C22H30N2/c1-5-9-16-11-7-13-18(21(16)23)20(15(3)4)19-14-8-12-17(10-6-2)22(19)24/h7-8,11-14H,5-6,9-10,23-24H2,1-4H3. The number of hydrogen-bond donors (Lipinski definition) is 2. The third-order valence-corrected chi connectivity index (χ3v) is 4.47. The zero-order chi connectivity index (χ0) is 17.7. The molecule has 24 heavy (non-hydrogen) atoms. The number of aryl methyl sites for hydroxylation is 2. The minimum absolute atomic E-state index is 0.885. The first-order chi connectivity index (χ1) is 11.5. The predicted octanol–water partition coefficient (Wildman–Crippen LogP) is 5.60. The fourth-order valence-corrected chi connectivity index (χ4v) is 3.32. The second-order valence-corrected chi connectivity index (χ2v) is 6.63. The molecule has 0 aromatic heterocycles. The summed E-state index contributed by atoms with van der Waals surface area (Å²) in [6.07, 6.45) is 4.18. The fraction of sp³-hybridized carbons (Fsp3) is 0.364. The number of anilines is 2. The molecule has 2 nitrogen and oxygen atoms in total. The van der Waals surface area contributed by atoms with Gasteiger partial charge in [0, 0.05) is 22.5 Å². The van der Waals surface area contributed by atoms with Gasteiger partial charge in [0.25, 0.3) is 0 Å². The summed E-state index contributed by atoms with van der Waals surface area (Å²) in [4.78, 5) is 0. The Balaban J connectivity index is 2.64. The normalized spacial score (nSPS) is 10.7. The van der Waals surface area contributed by atoms with Crippen molar-refractivity contribution in [2.45, 2.75) is 53.4 Å². The summed E-state index contributed by atoms with van der Waals surface area (Å²) in [6.45, 7) is 8.63. The molecule has 0 unspecified atom stereocenters. The fourth-order valence-electron chi connectivity index (χ4n) is 3.32. The molecule has 0 heterocycles. The average molecular weight is 322 g/mol. The van der Waals surface area contributed by atoms with Crippen LogP contribution >= 0.6 is 0 Å². The number of rotatable bonds is 6. The highest BCUT2D eigenvalue weighted by Crippen LogP contribution is 2.36. The van der Waals surface area contributed by atoms with Gasteiger partial charge in [-0.2, -0.15) is 0 Å². The number of benzene rings is 2. The zero-order valence-electron chi connectivity index (χ0n) is 15.4. The predicted molar refractivity (Wildman–Crippen MR) is 107 cm³/mol. The molecule has 2 aromatic rings. The van der Waals surface area contributed by atoms with Gasteiger partial charge in [-0.15, -0.1) is 0 Å². The van der Waals surface area contributed by atoms with Gasteiger partial charge in [0.15, 0.2) is 0 Å². The highest BCUT2D eigenvalue weighted by molar-refractivity contribution is 5.92. The highest BCUT2D eigenvalue weighted by atomic mass is 14.6. The number of allylic oxidation sites excluding steroid dienone is 1. The van der Waals surface area contributed by atoms with Crippen LogP contribution in [0, 0.1) is 0 Å². The molecule has 0 spiro atoms. The molecular formula is C22H30N2. The molecule has 2 heteroatoms. The molecule has 0 bridgehead atoms. The quantitative estimate of drug-likeness (QED) is 0.680. The smallest absolute Gasteiger partial charge is 0.0426 e. The van der Waals surface area contributed by atoms with Gasteiger partial charge in [0.05, 0.1) is 0 Å². The van der Waals surface area contributed by atoms with Crippen LogP contribution in [0.25, 0.3) is 5.57 Å². The summed E-state index contributed by atoms with van der Waals surface area (Å²) < 4.78 is 0. The first kappa shape index (κ1) is 18.1. The number of para-hydroxylation sites is 2. The first-order valence-corrected chi connectivity index (χ1v) is 8.94. The van der Waals surface area contributed by atoms with Crippen molar-refractivity contribution in [3.63, 3.8) is 0 Å². The largest absolute Gasteiger partial charge is 0.398 e. The Labute approximate surface area is 146 Å². The molecule has 0 amide bonds. The van der Waals surface area contributed by atoms with E-state index in [4.69, 9.17) is 11.5 Å². The van der Waals surface area contributed by atoms with Crippen LogP contribution < -0.4 is 11.5 Å². The third kappa shape index (κ3) is 3.64. The summed E-state index contributed by atoms with van der Waals surface area (Å²) >= 11 is 0. The van der Waals surface area contributed by atoms with Gasteiger partial charge >= 0.3 is 0 Å². The molecule has 0 saturated heterocycles. The lowest BCUT2D eigenvalue weighted by Crippen LogP contribution is -2.05. The van der Waals surface area contributed by atoms with Crippen LogP contribution in [0.3, 0.4) is 0 Å². The highest BCUT2D eigenvalue weighted by Gasteiger charge is 2.16. The molecule has 0 saturated carbocycles. The summed E-state index contributed by atoms with van der Waals surface area (Å²) in [6, 6.07) is 12.7. The minimum Gasteiger partial charge on any atom is -0.398 e. The van der Waals surface area contributed by atoms with E-state index in [1.807, 2.05) is 0 Å². The SMILES string of the molecule is CCCc1cccc(C(=C(C)C)c2cccc(CCC)c2N)c1N. The maximum absolute atomic E-state index is 6.52. The molecule has 0 aliphatic heterocycles. The number of hydrogen-bond acceptors (Lipinski definition) is 2. The monoisotopic (exact) mass is 322 g/mol. The van der Waals surface area contributed by atoms with Gasteiger partial charge in [-0.05, 0) is 43.4 Å². The van der Waals surface area contributed by atoms with E-state index in [2.05, 4.69) is 64.1 Å². The van der Waals surface area contributed by atoms with Gasteiger partial charge in [0.2, 0.25) is 0 Å². The van der Waals surface area contributed by atoms with Crippen molar-refractivity contribution in [2.75, 3.05) is 11.5 Å². The number of nitrogens with two attached hydrogens (primary N) is 2. The minimum atomic E-state index is 0.885. The van der Waals surface area contributed by atoms with Crippen molar-refractivity contribution in [3.05, 3.63) is 64.2 Å².